The molecule has 2 aliphatic rings. The van der Waals surface area contributed by atoms with E-state index >= 15 is 0 Å². The summed E-state index contributed by atoms with van der Waals surface area (Å²) >= 11 is 0. The fourth-order valence-corrected chi connectivity index (χ4v) is 0.636. The molecule has 0 aromatic carbocycles. The summed E-state index contributed by atoms with van der Waals surface area (Å²) in [6.45, 7) is 4.35. The lowest BCUT2D eigenvalue weighted by Crippen LogP contribution is -2.40. The Morgan fingerprint density at radius 2 is 1.23 bits per heavy atom. The second-order valence-electron chi connectivity index (χ2n) is 4.25. The summed E-state index contributed by atoms with van der Waals surface area (Å²) in [4.78, 5) is 21.3. The Kier molecular flexibility index (Phi) is 28.9. The van der Waals surface area contributed by atoms with E-state index in [2.05, 4.69) is 9.47 Å². The third-order valence-electron chi connectivity index (χ3n) is 1.87. The highest BCUT2D eigenvalue weighted by atomic mass is 32.1. The lowest BCUT2D eigenvalue weighted by Gasteiger charge is -2.22. The molecule has 6 nitrogen and oxygen atoms in total. The van der Waals surface area contributed by atoms with E-state index in [1.54, 1.807) is 0 Å². The maximum absolute atomic E-state index is 10.7. The van der Waals surface area contributed by atoms with Crippen molar-refractivity contribution in [2.45, 2.75) is 65.8 Å². The number of carbonyl (C=O) groups excluding carboxylic acids is 2. The molecule has 2 rings (SSSR count). The van der Waals surface area contributed by atoms with Crippen LogP contribution in [0, 0.1) is 0 Å². The summed E-state index contributed by atoms with van der Waals surface area (Å²) in [5.41, 5.74) is 0. The van der Waals surface area contributed by atoms with Crippen molar-refractivity contribution in [3.05, 3.63) is 0 Å². The molecule has 1 saturated carbocycles. The maximum Gasteiger partial charge on any atom is 0.347 e. The van der Waals surface area contributed by atoms with Crippen LogP contribution in [0.15, 0.2) is 0 Å². The van der Waals surface area contributed by atoms with Gasteiger partial charge in [0.05, 0.1) is 12.7 Å². The van der Waals surface area contributed by atoms with Gasteiger partial charge in [0.1, 0.15) is 0 Å². The van der Waals surface area contributed by atoms with Crippen molar-refractivity contribution in [2.75, 3.05) is 6.61 Å². The average molecular weight is 381 g/mol. The van der Waals surface area contributed by atoms with Crippen LogP contribution in [0.2, 0.25) is 0 Å². The zero-order valence-corrected chi connectivity index (χ0v) is 15.6. The standard InChI is InChI=1S/C6H8O4.C3H8O2.C3H6.CH4.3H2S/c1-3-5(7)10-4(2)6(8)9-3;1-3(5)2-4;1-2-3-1;;;;/h3-4H,1-2H3;3-5H,2H2,1H3;1-3H2;1H4;3*1H2/t3-,4-;3-;;;;;/m00...../s1. The van der Waals surface area contributed by atoms with E-state index in [1.165, 1.54) is 40.0 Å². The van der Waals surface area contributed by atoms with Gasteiger partial charge in [-0.25, -0.2) is 9.59 Å². The zero-order valence-electron chi connectivity index (χ0n) is 12.6. The van der Waals surface area contributed by atoms with Gasteiger partial charge in [-0.2, -0.15) is 40.5 Å². The van der Waals surface area contributed by atoms with Crippen molar-refractivity contribution in [1.29, 1.82) is 0 Å². The lowest BCUT2D eigenvalue weighted by atomic mass is 10.3. The first-order chi connectivity index (χ1) is 8.38. The van der Waals surface area contributed by atoms with Gasteiger partial charge in [-0.05, 0) is 20.8 Å². The van der Waals surface area contributed by atoms with Crippen LogP contribution in [0.5, 0.6) is 0 Å². The van der Waals surface area contributed by atoms with Crippen LogP contribution in [-0.2, 0) is 19.1 Å². The van der Waals surface area contributed by atoms with E-state index in [-0.39, 0.29) is 54.5 Å². The Labute approximate surface area is 154 Å². The van der Waals surface area contributed by atoms with Crippen LogP contribution in [0.25, 0.3) is 0 Å². The molecular formula is C13H32O6S3. The van der Waals surface area contributed by atoms with E-state index in [9.17, 15) is 9.59 Å². The quantitative estimate of drug-likeness (QED) is 0.668. The number of ether oxygens (including phenoxy) is 2. The lowest BCUT2D eigenvalue weighted by molar-refractivity contribution is -0.191. The largest absolute Gasteiger partial charge is 0.448 e. The summed E-state index contributed by atoms with van der Waals surface area (Å²) < 4.78 is 9.19. The van der Waals surface area contributed by atoms with Crippen LogP contribution in [0.4, 0.5) is 0 Å². The Morgan fingerprint density at radius 3 is 1.36 bits per heavy atom. The Hall–Kier alpha value is -0.0900. The van der Waals surface area contributed by atoms with Crippen molar-refractivity contribution in [3.8, 4) is 0 Å². The molecular weight excluding hydrogens is 348 g/mol. The molecule has 2 N–H and O–H groups in total. The smallest absolute Gasteiger partial charge is 0.347 e. The molecule has 22 heavy (non-hydrogen) atoms. The van der Waals surface area contributed by atoms with Gasteiger partial charge in [-0.3, -0.25) is 0 Å². The first-order valence-corrected chi connectivity index (χ1v) is 6.08. The van der Waals surface area contributed by atoms with Crippen molar-refractivity contribution >= 4 is 52.4 Å². The molecule has 2 fully saturated rings. The number of esters is 2. The molecule has 0 unspecified atom stereocenters. The topological polar surface area (TPSA) is 93.1 Å². The number of cyclic esters (lactones) is 2. The number of rotatable bonds is 1. The molecule has 9 heteroatoms. The number of carbonyl (C=O) groups is 2. The molecule has 3 atom stereocenters. The van der Waals surface area contributed by atoms with Gasteiger partial charge in [0.15, 0.2) is 12.2 Å². The molecule has 0 aromatic heterocycles. The third-order valence-corrected chi connectivity index (χ3v) is 1.87. The monoisotopic (exact) mass is 380 g/mol. The van der Waals surface area contributed by atoms with Crippen molar-refractivity contribution in [2.24, 2.45) is 0 Å². The fourth-order valence-electron chi connectivity index (χ4n) is 0.636. The molecule has 1 saturated heterocycles. The molecule has 0 amide bonds. The molecule has 1 aliphatic carbocycles. The SMILES string of the molecule is C.C1CC1.C[C@@H]1OC(=O)[C@H](C)OC1=O.C[C@H](O)CO.S.S.S. The van der Waals surface area contributed by atoms with Gasteiger partial charge in [0, 0.05) is 0 Å². The van der Waals surface area contributed by atoms with Gasteiger partial charge < -0.3 is 19.7 Å². The van der Waals surface area contributed by atoms with Gasteiger partial charge in [-0.1, -0.05) is 26.7 Å². The minimum Gasteiger partial charge on any atom is -0.448 e. The number of hydrogen-bond donors (Lipinski definition) is 2. The van der Waals surface area contributed by atoms with E-state index in [4.69, 9.17) is 10.2 Å². The summed E-state index contributed by atoms with van der Waals surface area (Å²) in [6, 6.07) is 0. The summed E-state index contributed by atoms with van der Waals surface area (Å²) in [6.07, 6.45) is 2.45. The van der Waals surface area contributed by atoms with Crippen LogP contribution in [0.1, 0.15) is 47.5 Å². The van der Waals surface area contributed by atoms with Crippen LogP contribution < -0.4 is 0 Å². The van der Waals surface area contributed by atoms with Gasteiger partial charge in [-0.15, -0.1) is 0 Å². The Bertz CT molecular complexity index is 252. The molecule has 0 radical (unpaired) electrons. The third kappa shape index (κ3) is 19.9. The second kappa shape index (κ2) is 19.0. The maximum atomic E-state index is 10.7. The number of aliphatic hydroxyl groups is 2. The van der Waals surface area contributed by atoms with Gasteiger partial charge in [0.2, 0.25) is 0 Å². The second-order valence-corrected chi connectivity index (χ2v) is 4.25. The predicted octanol–water partition coefficient (Wildman–Crippen LogP) is 1.37. The van der Waals surface area contributed by atoms with E-state index in [1.807, 2.05) is 0 Å². The highest BCUT2D eigenvalue weighted by Gasteiger charge is 2.32. The normalized spacial score (nSPS) is 21.7. The zero-order chi connectivity index (χ0) is 14.1. The van der Waals surface area contributed by atoms with Crippen molar-refractivity contribution in [1.82, 2.24) is 0 Å². The molecule has 0 spiro atoms. The summed E-state index contributed by atoms with van der Waals surface area (Å²) in [5.74, 6) is -0.959. The van der Waals surface area contributed by atoms with Crippen LogP contribution in [0.3, 0.4) is 0 Å². The van der Waals surface area contributed by atoms with E-state index in [0.717, 1.165) is 0 Å². The average Bonchev–Trinajstić information content (AvgIpc) is 3.15. The first-order valence-electron chi connectivity index (χ1n) is 6.08. The molecule has 138 valence electrons. The molecule has 1 aliphatic heterocycles. The van der Waals surface area contributed by atoms with Gasteiger partial charge in [0.25, 0.3) is 0 Å². The van der Waals surface area contributed by atoms with Crippen molar-refractivity contribution in [3.63, 3.8) is 0 Å². The minimum atomic E-state index is -0.747. The first kappa shape index (κ1) is 33.5. The van der Waals surface area contributed by atoms with Crippen LogP contribution >= 0.6 is 40.5 Å². The molecule has 0 aromatic rings. The van der Waals surface area contributed by atoms with E-state index < -0.39 is 30.3 Å². The van der Waals surface area contributed by atoms with E-state index in [0.29, 0.717) is 0 Å². The Morgan fingerprint density at radius 1 is 1.00 bits per heavy atom. The predicted molar refractivity (Wildman–Crippen MR) is 102 cm³/mol. The fraction of sp³-hybridized carbons (Fsp3) is 0.846. The Balaban J connectivity index is -0.0000000695. The molecule has 1 heterocycles. The summed E-state index contributed by atoms with van der Waals surface area (Å²) in [7, 11) is 0. The van der Waals surface area contributed by atoms with Crippen molar-refractivity contribution < 1.29 is 29.3 Å². The number of aliphatic hydroxyl groups excluding tert-OH is 2. The summed E-state index contributed by atoms with van der Waals surface area (Å²) in [5, 5.41) is 16.0. The van der Waals surface area contributed by atoms with Crippen LogP contribution in [-0.4, -0.2) is 47.1 Å². The highest BCUT2D eigenvalue weighted by molar-refractivity contribution is 7.59. The highest BCUT2D eigenvalue weighted by Crippen LogP contribution is 2.14. The number of hydrogen-bond acceptors (Lipinski definition) is 6. The van der Waals surface area contributed by atoms with Gasteiger partial charge >= 0.3 is 11.9 Å². The minimum absolute atomic E-state index is 0. The molecule has 0 bridgehead atoms.